The van der Waals surface area contributed by atoms with E-state index in [0.717, 1.165) is 5.56 Å². The smallest absolute Gasteiger partial charge is 0.316 e. The Morgan fingerprint density at radius 3 is 2.35 bits per heavy atom. The van der Waals surface area contributed by atoms with E-state index < -0.39 is 28.4 Å². The number of hydrogen-bond donors (Lipinski definition) is 2. The molecule has 0 aromatic heterocycles. The van der Waals surface area contributed by atoms with Crippen molar-refractivity contribution >= 4 is 28.4 Å². The monoisotopic (exact) mass is 255 g/mol. The summed E-state index contributed by atoms with van der Waals surface area (Å²) in [6.45, 7) is 1.92. The molecule has 0 aliphatic heterocycles. The number of carbonyl (C=O) groups is 2. The molecule has 92 valence electrons. The van der Waals surface area contributed by atoms with E-state index in [-0.39, 0.29) is 5.75 Å². The fourth-order valence-corrected chi connectivity index (χ4v) is 1.91. The summed E-state index contributed by atoms with van der Waals surface area (Å²) in [5.74, 6) is -2.44. The molecule has 6 heteroatoms. The second-order valence-corrected chi connectivity index (χ2v) is 4.99. The number of carboxylic acid groups (broad SMARTS) is 1. The third-order valence-corrected chi connectivity index (χ3v) is 3.06. The predicted molar refractivity (Wildman–Crippen MR) is 65.3 cm³/mol. The summed E-state index contributed by atoms with van der Waals surface area (Å²) in [6, 6.07) is 7.13. The first kappa shape index (κ1) is 13.4. The molecule has 5 nitrogen and oxygen atoms in total. The van der Waals surface area contributed by atoms with E-state index in [4.69, 9.17) is 5.11 Å². The Balaban J connectivity index is 2.47. The van der Waals surface area contributed by atoms with E-state index >= 15 is 0 Å². The van der Waals surface area contributed by atoms with Crippen LogP contribution in [0.25, 0.3) is 0 Å². The first-order valence-electron chi connectivity index (χ1n) is 4.90. The van der Waals surface area contributed by atoms with Crippen molar-refractivity contribution in [1.82, 2.24) is 0 Å². The van der Waals surface area contributed by atoms with Crippen LogP contribution < -0.4 is 5.32 Å². The average molecular weight is 255 g/mol. The van der Waals surface area contributed by atoms with Crippen LogP contribution in [0.5, 0.6) is 0 Å². The lowest BCUT2D eigenvalue weighted by molar-refractivity contribution is -0.133. The van der Waals surface area contributed by atoms with Gasteiger partial charge in [0.2, 0.25) is 5.91 Å². The second-order valence-electron chi connectivity index (χ2n) is 3.54. The molecule has 0 heterocycles. The van der Waals surface area contributed by atoms with Crippen LogP contribution in [0.15, 0.2) is 24.3 Å². The van der Waals surface area contributed by atoms with Crippen LogP contribution in [0, 0.1) is 6.92 Å². The first-order valence-corrected chi connectivity index (χ1v) is 6.39. The highest BCUT2D eigenvalue weighted by molar-refractivity contribution is 7.86. The van der Waals surface area contributed by atoms with Gasteiger partial charge in [0.05, 0.1) is 0 Å². The first-order chi connectivity index (χ1) is 7.97. The largest absolute Gasteiger partial charge is 0.481 e. The zero-order chi connectivity index (χ0) is 12.8. The molecule has 1 aromatic rings. The molecule has 2 N–H and O–H groups in total. The number of anilines is 1. The molecule has 1 unspecified atom stereocenters. The number of hydrogen-bond acceptors (Lipinski definition) is 3. The minimum absolute atomic E-state index is 0.305. The minimum Gasteiger partial charge on any atom is -0.481 e. The topological polar surface area (TPSA) is 83.5 Å². The Morgan fingerprint density at radius 1 is 1.24 bits per heavy atom. The van der Waals surface area contributed by atoms with Crippen LogP contribution in [0.1, 0.15) is 5.56 Å². The Bertz CT molecular complexity index is 441. The molecular weight excluding hydrogens is 242 g/mol. The molecule has 0 aliphatic rings. The Hall–Kier alpha value is -1.69. The maximum atomic E-state index is 11.4. The van der Waals surface area contributed by atoms with Crippen LogP contribution in [-0.2, 0) is 20.4 Å². The fourth-order valence-electron chi connectivity index (χ4n) is 1.17. The zero-order valence-electron chi connectivity index (χ0n) is 9.30. The number of carboxylic acids is 1. The zero-order valence-corrected chi connectivity index (χ0v) is 10.1. The van der Waals surface area contributed by atoms with Crippen molar-refractivity contribution in [2.45, 2.75) is 6.92 Å². The van der Waals surface area contributed by atoms with E-state index in [0.29, 0.717) is 5.69 Å². The van der Waals surface area contributed by atoms with Gasteiger partial charge in [0.25, 0.3) is 0 Å². The number of nitrogens with one attached hydrogen (secondary N) is 1. The summed E-state index contributed by atoms with van der Waals surface area (Å²) in [5, 5.41) is 10.9. The molecule has 0 spiro atoms. The molecule has 0 fully saturated rings. The van der Waals surface area contributed by atoms with Crippen LogP contribution in [0.4, 0.5) is 5.69 Å². The molecule has 0 saturated carbocycles. The summed E-state index contributed by atoms with van der Waals surface area (Å²) in [6.07, 6.45) is 0. The van der Waals surface area contributed by atoms with Gasteiger partial charge in [-0.25, -0.2) is 0 Å². The Morgan fingerprint density at radius 2 is 1.82 bits per heavy atom. The van der Waals surface area contributed by atoms with Gasteiger partial charge in [0.15, 0.2) is 0 Å². The van der Waals surface area contributed by atoms with Gasteiger partial charge in [0, 0.05) is 16.5 Å². The third kappa shape index (κ3) is 5.26. The predicted octanol–water partition coefficient (Wildman–Crippen LogP) is 0.767. The summed E-state index contributed by atoms with van der Waals surface area (Å²) < 4.78 is 11.2. The molecular formula is C11H13NO4S. The van der Waals surface area contributed by atoms with Gasteiger partial charge in [0.1, 0.15) is 11.5 Å². The number of rotatable bonds is 5. The normalized spacial score (nSPS) is 11.8. The van der Waals surface area contributed by atoms with Crippen LogP contribution >= 0.6 is 0 Å². The standard InChI is InChI=1S/C11H13NO4S/c1-8-2-4-9(5-3-8)12-10(13)6-17(16)7-11(14)15/h2-5H,6-7H2,1H3,(H,12,13)(H,14,15). The van der Waals surface area contributed by atoms with E-state index in [1.807, 2.05) is 19.1 Å². The van der Waals surface area contributed by atoms with Gasteiger partial charge in [-0.15, -0.1) is 0 Å². The molecule has 0 bridgehead atoms. The van der Waals surface area contributed by atoms with Crippen LogP contribution in [-0.4, -0.2) is 32.7 Å². The number of carbonyl (C=O) groups excluding carboxylic acids is 1. The maximum Gasteiger partial charge on any atom is 0.316 e. The van der Waals surface area contributed by atoms with Gasteiger partial charge in [-0.2, -0.15) is 0 Å². The molecule has 1 amide bonds. The maximum absolute atomic E-state index is 11.4. The van der Waals surface area contributed by atoms with Crippen molar-refractivity contribution in [3.8, 4) is 0 Å². The lowest BCUT2D eigenvalue weighted by Crippen LogP contribution is -2.23. The summed E-state index contributed by atoms with van der Waals surface area (Å²) in [5.41, 5.74) is 1.67. The minimum atomic E-state index is -1.67. The molecule has 17 heavy (non-hydrogen) atoms. The Kier molecular flexibility index (Phi) is 4.84. The van der Waals surface area contributed by atoms with E-state index in [9.17, 15) is 13.8 Å². The molecule has 0 aliphatic carbocycles. The van der Waals surface area contributed by atoms with Gasteiger partial charge >= 0.3 is 5.97 Å². The highest BCUT2D eigenvalue weighted by Crippen LogP contribution is 2.08. The van der Waals surface area contributed by atoms with Gasteiger partial charge in [-0.05, 0) is 19.1 Å². The fraction of sp³-hybridized carbons (Fsp3) is 0.273. The highest BCUT2D eigenvalue weighted by Gasteiger charge is 2.11. The third-order valence-electron chi connectivity index (χ3n) is 1.91. The van der Waals surface area contributed by atoms with Gasteiger partial charge in [-0.1, -0.05) is 17.7 Å². The Labute approximate surface area is 101 Å². The van der Waals surface area contributed by atoms with Crippen molar-refractivity contribution in [3.63, 3.8) is 0 Å². The number of aryl methyl sites for hydroxylation is 1. The van der Waals surface area contributed by atoms with Crippen LogP contribution in [0.2, 0.25) is 0 Å². The lowest BCUT2D eigenvalue weighted by atomic mass is 10.2. The quantitative estimate of drug-likeness (QED) is 0.814. The van der Waals surface area contributed by atoms with Gasteiger partial charge in [-0.3, -0.25) is 13.8 Å². The second kappa shape index (κ2) is 6.15. The molecule has 1 rings (SSSR count). The van der Waals surface area contributed by atoms with E-state index in [1.165, 1.54) is 0 Å². The molecule has 0 saturated heterocycles. The highest BCUT2D eigenvalue weighted by atomic mass is 32.2. The van der Waals surface area contributed by atoms with Crippen LogP contribution in [0.3, 0.4) is 0 Å². The van der Waals surface area contributed by atoms with Crippen molar-refractivity contribution in [2.24, 2.45) is 0 Å². The summed E-state index contributed by atoms with van der Waals surface area (Å²) in [7, 11) is -1.67. The van der Waals surface area contributed by atoms with Gasteiger partial charge < -0.3 is 10.4 Å². The molecule has 1 aromatic carbocycles. The molecule has 1 atom stereocenters. The van der Waals surface area contributed by atoms with Crippen molar-refractivity contribution in [3.05, 3.63) is 29.8 Å². The number of amides is 1. The van der Waals surface area contributed by atoms with Crippen molar-refractivity contribution in [2.75, 3.05) is 16.8 Å². The van der Waals surface area contributed by atoms with Crippen molar-refractivity contribution < 1.29 is 18.9 Å². The summed E-state index contributed by atoms with van der Waals surface area (Å²) in [4.78, 5) is 21.7. The summed E-state index contributed by atoms with van der Waals surface area (Å²) >= 11 is 0. The lowest BCUT2D eigenvalue weighted by Gasteiger charge is -2.04. The van der Waals surface area contributed by atoms with E-state index in [1.54, 1.807) is 12.1 Å². The molecule has 0 radical (unpaired) electrons. The number of benzene rings is 1. The average Bonchev–Trinajstić information content (AvgIpc) is 2.19. The van der Waals surface area contributed by atoms with E-state index in [2.05, 4.69) is 5.32 Å². The SMILES string of the molecule is Cc1ccc(NC(=O)CS(=O)CC(=O)O)cc1. The van der Waals surface area contributed by atoms with Crippen molar-refractivity contribution in [1.29, 1.82) is 0 Å². The number of aliphatic carboxylic acids is 1.